The Bertz CT molecular complexity index is 486. The van der Waals surface area contributed by atoms with Crippen LogP contribution in [0.15, 0.2) is 27.1 Å². The van der Waals surface area contributed by atoms with Gasteiger partial charge in [0.1, 0.15) is 6.04 Å². The molecule has 1 aromatic carbocycles. The Morgan fingerprint density at radius 1 is 1.25 bits per heavy atom. The molecule has 0 unspecified atom stereocenters. The molecule has 5 nitrogen and oxygen atoms in total. The van der Waals surface area contributed by atoms with Crippen LogP contribution in [0.1, 0.15) is 20.3 Å². The fraction of sp³-hybridized carbons (Fsp3) is 0.385. The first-order chi connectivity index (χ1) is 9.31. The number of carboxylic acid groups (broad SMARTS) is 1. The van der Waals surface area contributed by atoms with E-state index < -0.39 is 18.0 Å². The Balaban J connectivity index is 2.73. The van der Waals surface area contributed by atoms with Crippen LogP contribution in [0.3, 0.4) is 0 Å². The van der Waals surface area contributed by atoms with E-state index in [1.54, 1.807) is 12.1 Å². The number of anilines is 1. The van der Waals surface area contributed by atoms with Gasteiger partial charge in [-0.1, -0.05) is 19.9 Å². The summed E-state index contributed by atoms with van der Waals surface area (Å²) in [6.45, 7) is 3.81. The first-order valence-electron chi connectivity index (χ1n) is 6.05. The summed E-state index contributed by atoms with van der Waals surface area (Å²) in [4.78, 5) is 23.0. The van der Waals surface area contributed by atoms with Gasteiger partial charge in [-0.3, -0.25) is 0 Å². The number of para-hydroxylation sites is 1. The zero-order valence-corrected chi connectivity index (χ0v) is 14.3. The molecule has 3 N–H and O–H groups in total. The maximum atomic E-state index is 11.9. The van der Waals surface area contributed by atoms with Crippen molar-refractivity contribution < 1.29 is 14.7 Å². The lowest BCUT2D eigenvalue weighted by Gasteiger charge is -2.17. The third-order valence-electron chi connectivity index (χ3n) is 2.51. The minimum absolute atomic E-state index is 0.173. The summed E-state index contributed by atoms with van der Waals surface area (Å²) in [5.41, 5.74) is 0.554. The van der Waals surface area contributed by atoms with Crippen LogP contribution in [0.4, 0.5) is 10.5 Å². The summed E-state index contributed by atoms with van der Waals surface area (Å²) < 4.78 is 1.41. The highest BCUT2D eigenvalue weighted by molar-refractivity contribution is 9.11. The first kappa shape index (κ1) is 17.0. The van der Waals surface area contributed by atoms with Crippen molar-refractivity contribution in [3.8, 4) is 0 Å². The van der Waals surface area contributed by atoms with Gasteiger partial charge in [-0.15, -0.1) is 0 Å². The predicted molar refractivity (Wildman–Crippen MR) is 84.9 cm³/mol. The van der Waals surface area contributed by atoms with Gasteiger partial charge < -0.3 is 15.7 Å². The second-order valence-corrected chi connectivity index (χ2v) is 6.42. The van der Waals surface area contributed by atoms with Crippen LogP contribution >= 0.6 is 31.9 Å². The maximum absolute atomic E-state index is 11.9. The Morgan fingerprint density at radius 2 is 1.80 bits per heavy atom. The molecule has 0 radical (unpaired) electrons. The second-order valence-electron chi connectivity index (χ2n) is 4.72. The van der Waals surface area contributed by atoms with Gasteiger partial charge in [-0.25, -0.2) is 9.59 Å². The smallest absolute Gasteiger partial charge is 0.326 e. The monoisotopic (exact) mass is 406 g/mol. The average Bonchev–Trinajstić information content (AvgIpc) is 2.32. The van der Waals surface area contributed by atoms with E-state index in [2.05, 4.69) is 42.5 Å². The van der Waals surface area contributed by atoms with Crippen molar-refractivity contribution in [3.05, 3.63) is 27.1 Å². The molecule has 0 saturated heterocycles. The Labute approximate surface area is 134 Å². The number of rotatable bonds is 5. The number of carbonyl (C=O) groups is 2. The molecule has 0 aliphatic carbocycles. The average molecular weight is 408 g/mol. The van der Waals surface area contributed by atoms with Gasteiger partial charge in [-0.2, -0.15) is 0 Å². The molecule has 0 spiro atoms. The summed E-state index contributed by atoms with van der Waals surface area (Å²) in [5, 5.41) is 14.2. The van der Waals surface area contributed by atoms with Gasteiger partial charge in [-0.05, 0) is 56.3 Å². The normalized spacial score (nSPS) is 12.1. The minimum atomic E-state index is -1.04. The topological polar surface area (TPSA) is 78.4 Å². The number of carboxylic acids is 1. The van der Waals surface area contributed by atoms with Crippen molar-refractivity contribution in [2.75, 3.05) is 5.32 Å². The molecule has 20 heavy (non-hydrogen) atoms. The molecule has 0 bridgehead atoms. The van der Waals surface area contributed by atoms with Gasteiger partial charge in [0.2, 0.25) is 0 Å². The number of benzene rings is 1. The lowest BCUT2D eigenvalue weighted by atomic mass is 10.0. The van der Waals surface area contributed by atoms with Crippen LogP contribution in [0.2, 0.25) is 0 Å². The van der Waals surface area contributed by atoms with Crippen molar-refractivity contribution >= 4 is 49.5 Å². The summed E-state index contributed by atoms with van der Waals surface area (Å²) in [6, 6.07) is 3.92. The molecule has 0 aliphatic heterocycles. The molecule has 1 rings (SSSR count). The van der Waals surface area contributed by atoms with E-state index >= 15 is 0 Å². The Hall–Kier alpha value is -1.08. The summed E-state index contributed by atoms with van der Waals surface area (Å²) in [5.74, 6) is -0.869. The molecule has 0 aromatic heterocycles. The Kier molecular flexibility index (Phi) is 6.48. The van der Waals surface area contributed by atoms with E-state index in [4.69, 9.17) is 5.11 Å². The number of amides is 2. The van der Waals surface area contributed by atoms with E-state index in [0.717, 1.165) is 0 Å². The Morgan fingerprint density at radius 3 is 2.25 bits per heavy atom. The molecule has 0 aliphatic rings. The highest BCUT2D eigenvalue weighted by Crippen LogP contribution is 2.30. The van der Waals surface area contributed by atoms with E-state index in [1.807, 2.05) is 19.9 Å². The molecule has 1 atom stereocenters. The maximum Gasteiger partial charge on any atom is 0.326 e. The summed E-state index contributed by atoms with van der Waals surface area (Å²) >= 11 is 6.64. The van der Waals surface area contributed by atoms with Crippen molar-refractivity contribution in [2.24, 2.45) is 5.92 Å². The van der Waals surface area contributed by atoms with Crippen LogP contribution in [0.5, 0.6) is 0 Å². The zero-order valence-electron chi connectivity index (χ0n) is 11.1. The molecule has 110 valence electrons. The molecule has 7 heteroatoms. The zero-order chi connectivity index (χ0) is 15.3. The van der Waals surface area contributed by atoms with Crippen LogP contribution in [0.25, 0.3) is 0 Å². The molecular formula is C13H16Br2N2O3. The van der Waals surface area contributed by atoms with Gasteiger partial charge in [0.05, 0.1) is 5.69 Å². The highest BCUT2D eigenvalue weighted by Gasteiger charge is 2.21. The summed E-state index contributed by atoms with van der Waals surface area (Å²) in [6.07, 6.45) is 0.375. The minimum Gasteiger partial charge on any atom is -0.480 e. The van der Waals surface area contributed by atoms with Crippen molar-refractivity contribution in [2.45, 2.75) is 26.3 Å². The second kappa shape index (κ2) is 7.64. The lowest BCUT2D eigenvalue weighted by Crippen LogP contribution is -2.43. The van der Waals surface area contributed by atoms with Gasteiger partial charge in [0, 0.05) is 8.95 Å². The SMILES string of the molecule is CC(C)C[C@@H](NC(=O)Nc1c(Br)cccc1Br)C(=O)O. The number of hydrogen-bond donors (Lipinski definition) is 3. The fourth-order valence-electron chi connectivity index (χ4n) is 1.62. The number of halogens is 2. The van der Waals surface area contributed by atoms with Crippen molar-refractivity contribution in [1.82, 2.24) is 5.32 Å². The van der Waals surface area contributed by atoms with E-state index in [-0.39, 0.29) is 5.92 Å². The van der Waals surface area contributed by atoms with Crippen LogP contribution in [-0.2, 0) is 4.79 Å². The van der Waals surface area contributed by atoms with Crippen molar-refractivity contribution in [1.29, 1.82) is 0 Å². The highest BCUT2D eigenvalue weighted by atomic mass is 79.9. The van der Waals surface area contributed by atoms with Gasteiger partial charge in [0.25, 0.3) is 0 Å². The number of aliphatic carboxylic acids is 1. The van der Waals surface area contributed by atoms with Gasteiger partial charge >= 0.3 is 12.0 Å². The number of carbonyl (C=O) groups excluding carboxylic acids is 1. The largest absolute Gasteiger partial charge is 0.480 e. The van der Waals surface area contributed by atoms with Crippen LogP contribution in [-0.4, -0.2) is 23.1 Å². The summed E-state index contributed by atoms with van der Waals surface area (Å²) in [7, 11) is 0. The van der Waals surface area contributed by atoms with E-state index in [0.29, 0.717) is 21.1 Å². The third-order valence-corrected chi connectivity index (χ3v) is 3.83. The van der Waals surface area contributed by atoms with E-state index in [9.17, 15) is 9.59 Å². The molecule has 0 saturated carbocycles. The number of urea groups is 1. The van der Waals surface area contributed by atoms with Gasteiger partial charge in [0.15, 0.2) is 0 Å². The first-order valence-corrected chi connectivity index (χ1v) is 7.64. The molecule has 0 fully saturated rings. The quantitative estimate of drug-likeness (QED) is 0.693. The lowest BCUT2D eigenvalue weighted by molar-refractivity contribution is -0.139. The standard InChI is InChI=1S/C13H16Br2N2O3/c1-7(2)6-10(12(18)19)16-13(20)17-11-8(14)4-3-5-9(11)15/h3-5,7,10H,6H2,1-2H3,(H,18,19)(H2,16,17,20)/t10-/m1/s1. The molecular weight excluding hydrogens is 392 g/mol. The van der Waals surface area contributed by atoms with Crippen LogP contribution in [0, 0.1) is 5.92 Å². The number of nitrogens with one attached hydrogen (secondary N) is 2. The number of hydrogen-bond acceptors (Lipinski definition) is 2. The molecule has 0 heterocycles. The van der Waals surface area contributed by atoms with E-state index in [1.165, 1.54) is 0 Å². The molecule has 2 amide bonds. The van der Waals surface area contributed by atoms with Crippen molar-refractivity contribution in [3.63, 3.8) is 0 Å². The predicted octanol–water partition coefficient (Wildman–Crippen LogP) is 3.83. The third kappa shape index (κ3) is 5.13. The molecule has 1 aromatic rings. The fourth-order valence-corrected chi connectivity index (χ4v) is 2.81. The van der Waals surface area contributed by atoms with Crippen LogP contribution < -0.4 is 10.6 Å².